The first kappa shape index (κ1) is 15.5. The lowest BCUT2D eigenvalue weighted by molar-refractivity contribution is -0.137. The second kappa shape index (κ2) is 6.26. The zero-order valence-corrected chi connectivity index (χ0v) is 11.7. The van der Waals surface area contributed by atoms with Crippen LogP contribution in [0, 0.1) is 0 Å². The average molecular weight is 299 g/mol. The number of nitrogens with zero attached hydrogens (tertiary/aromatic N) is 2. The SMILES string of the molecule is CCC(NC)c1nc(Cc2cccc(C(F)(F)F)c2)no1. The van der Waals surface area contributed by atoms with Crippen LogP contribution < -0.4 is 5.32 Å². The quantitative estimate of drug-likeness (QED) is 0.920. The Hall–Kier alpha value is -1.89. The topological polar surface area (TPSA) is 51.0 Å². The molecule has 1 N–H and O–H groups in total. The summed E-state index contributed by atoms with van der Waals surface area (Å²) in [5.41, 5.74) is -0.181. The Bertz CT molecular complexity index is 591. The molecule has 21 heavy (non-hydrogen) atoms. The molecule has 2 rings (SSSR count). The van der Waals surface area contributed by atoms with Gasteiger partial charge in [-0.2, -0.15) is 18.2 Å². The molecule has 1 heterocycles. The van der Waals surface area contributed by atoms with Crippen LogP contribution in [0.15, 0.2) is 28.8 Å². The number of halogens is 3. The minimum atomic E-state index is -4.35. The first-order valence-corrected chi connectivity index (χ1v) is 6.60. The number of hydrogen-bond acceptors (Lipinski definition) is 4. The fraction of sp³-hybridized carbons (Fsp3) is 0.429. The van der Waals surface area contributed by atoms with E-state index in [-0.39, 0.29) is 12.5 Å². The molecule has 0 saturated heterocycles. The molecule has 0 radical (unpaired) electrons. The van der Waals surface area contributed by atoms with Gasteiger partial charge in [-0.3, -0.25) is 0 Å². The van der Waals surface area contributed by atoms with E-state index in [1.165, 1.54) is 6.07 Å². The largest absolute Gasteiger partial charge is 0.416 e. The molecule has 4 nitrogen and oxygen atoms in total. The zero-order chi connectivity index (χ0) is 15.5. The Balaban J connectivity index is 2.15. The van der Waals surface area contributed by atoms with Crippen LogP contribution in [0.5, 0.6) is 0 Å². The maximum Gasteiger partial charge on any atom is 0.416 e. The molecule has 1 unspecified atom stereocenters. The third kappa shape index (κ3) is 3.81. The van der Waals surface area contributed by atoms with Crippen molar-refractivity contribution in [2.45, 2.75) is 32.0 Å². The lowest BCUT2D eigenvalue weighted by atomic mass is 10.1. The summed E-state index contributed by atoms with van der Waals surface area (Å²) in [6.07, 6.45) is -3.37. The van der Waals surface area contributed by atoms with Gasteiger partial charge in [-0.25, -0.2) is 0 Å². The number of rotatable bonds is 5. The summed E-state index contributed by atoms with van der Waals surface area (Å²) in [7, 11) is 1.78. The maximum absolute atomic E-state index is 12.7. The molecule has 114 valence electrons. The van der Waals surface area contributed by atoms with E-state index in [2.05, 4.69) is 15.5 Å². The Morgan fingerprint density at radius 1 is 1.33 bits per heavy atom. The molecule has 7 heteroatoms. The van der Waals surface area contributed by atoms with Crippen molar-refractivity contribution < 1.29 is 17.7 Å². The number of nitrogens with one attached hydrogen (secondary N) is 1. The molecule has 1 aromatic carbocycles. The van der Waals surface area contributed by atoms with Gasteiger partial charge in [0.05, 0.1) is 11.6 Å². The van der Waals surface area contributed by atoms with Crippen LogP contribution in [-0.2, 0) is 12.6 Å². The lowest BCUT2D eigenvalue weighted by Gasteiger charge is -2.07. The molecule has 0 aliphatic carbocycles. The molecule has 0 spiro atoms. The first-order chi connectivity index (χ1) is 9.94. The van der Waals surface area contributed by atoms with Crippen LogP contribution in [-0.4, -0.2) is 17.2 Å². The summed E-state index contributed by atoms with van der Waals surface area (Å²) >= 11 is 0. The number of alkyl halides is 3. The van der Waals surface area contributed by atoms with Crippen molar-refractivity contribution >= 4 is 0 Å². The van der Waals surface area contributed by atoms with Crippen LogP contribution in [0.2, 0.25) is 0 Å². The summed E-state index contributed by atoms with van der Waals surface area (Å²) in [4.78, 5) is 4.22. The van der Waals surface area contributed by atoms with Crippen LogP contribution in [0.1, 0.15) is 42.2 Å². The zero-order valence-electron chi connectivity index (χ0n) is 11.7. The number of hydrogen-bond donors (Lipinski definition) is 1. The van der Waals surface area contributed by atoms with Crippen LogP contribution in [0.3, 0.4) is 0 Å². The maximum atomic E-state index is 12.7. The standard InChI is InChI=1S/C14H16F3N3O/c1-3-11(18-2)13-19-12(20-21-13)8-9-5-4-6-10(7-9)14(15,16)17/h4-7,11,18H,3,8H2,1-2H3. The van der Waals surface area contributed by atoms with Crippen molar-refractivity contribution in [3.05, 3.63) is 47.1 Å². The molecule has 0 saturated carbocycles. The fourth-order valence-corrected chi connectivity index (χ4v) is 2.02. The Kier molecular flexibility index (Phi) is 4.62. The highest BCUT2D eigenvalue weighted by atomic mass is 19.4. The monoisotopic (exact) mass is 299 g/mol. The normalized spacial score (nSPS) is 13.4. The first-order valence-electron chi connectivity index (χ1n) is 6.60. The molecule has 0 amide bonds. The van der Waals surface area contributed by atoms with Gasteiger partial charge in [0, 0.05) is 6.42 Å². The van der Waals surface area contributed by atoms with Crippen molar-refractivity contribution in [2.75, 3.05) is 7.05 Å². The van der Waals surface area contributed by atoms with Gasteiger partial charge in [-0.05, 0) is 25.1 Å². The van der Waals surface area contributed by atoms with Gasteiger partial charge in [0.25, 0.3) is 0 Å². The molecule has 0 bridgehead atoms. The van der Waals surface area contributed by atoms with Gasteiger partial charge in [0.2, 0.25) is 5.89 Å². The van der Waals surface area contributed by atoms with Gasteiger partial charge in [-0.1, -0.05) is 30.3 Å². The lowest BCUT2D eigenvalue weighted by Crippen LogP contribution is -2.15. The molecule has 1 atom stereocenters. The van der Waals surface area contributed by atoms with E-state index in [0.29, 0.717) is 17.3 Å². The summed E-state index contributed by atoms with van der Waals surface area (Å²) in [6, 6.07) is 5.08. The second-order valence-corrected chi connectivity index (χ2v) is 4.67. The van der Waals surface area contributed by atoms with Gasteiger partial charge in [0.15, 0.2) is 5.82 Å². The molecule has 2 aromatic rings. The fourth-order valence-electron chi connectivity index (χ4n) is 2.02. The number of benzene rings is 1. The third-order valence-corrected chi connectivity index (χ3v) is 3.16. The summed E-state index contributed by atoms with van der Waals surface area (Å²) in [6.45, 7) is 1.97. The minimum Gasteiger partial charge on any atom is -0.338 e. The van der Waals surface area contributed by atoms with Gasteiger partial charge < -0.3 is 9.84 Å². The summed E-state index contributed by atoms with van der Waals surface area (Å²) < 4.78 is 43.1. The van der Waals surface area contributed by atoms with E-state index in [9.17, 15) is 13.2 Å². The van der Waals surface area contributed by atoms with Crippen molar-refractivity contribution in [3.63, 3.8) is 0 Å². The molecular weight excluding hydrogens is 283 g/mol. The molecule has 0 aliphatic heterocycles. The van der Waals surface area contributed by atoms with E-state index in [1.807, 2.05) is 6.92 Å². The highest BCUT2D eigenvalue weighted by Gasteiger charge is 2.30. The predicted octanol–water partition coefficient (Wildman–Crippen LogP) is 3.35. The molecule has 0 aliphatic rings. The smallest absolute Gasteiger partial charge is 0.338 e. The second-order valence-electron chi connectivity index (χ2n) is 4.67. The van der Waals surface area contributed by atoms with Crippen molar-refractivity contribution in [1.82, 2.24) is 15.5 Å². The molecule has 1 aromatic heterocycles. The minimum absolute atomic E-state index is 0.0484. The summed E-state index contributed by atoms with van der Waals surface area (Å²) in [5.74, 6) is 0.819. The van der Waals surface area contributed by atoms with Crippen molar-refractivity contribution in [1.29, 1.82) is 0 Å². The average Bonchev–Trinajstić information content (AvgIpc) is 2.88. The van der Waals surface area contributed by atoms with E-state index in [1.54, 1.807) is 13.1 Å². The Morgan fingerprint density at radius 2 is 2.10 bits per heavy atom. The predicted molar refractivity (Wildman–Crippen MR) is 70.6 cm³/mol. The highest BCUT2D eigenvalue weighted by molar-refractivity contribution is 5.27. The summed E-state index contributed by atoms with van der Waals surface area (Å²) in [5, 5.41) is 6.84. The van der Waals surface area contributed by atoms with Crippen LogP contribution >= 0.6 is 0 Å². The van der Waals surface area contributed by atoms with Gasteiger partial charge in [0.1, 0.15) is 0 Å². The van der Waals surface area contributed by atoms with E-state index in [4.69, 9.17) is 4.52 Å². The van der Waals surface area contributed by atoms with Gasteiger partial charge >= 0.3 is 6.18 Å². The number of aromatic nitrogens is 2. The van der Waals surface area contributed by atoms with Crippen LogP contribution in [0.25, 0.3) is 0 Å². The highest BCUT2D eigenvalue weighted by Crippen LogP contribution is 2.29. The van der Waals surface area contributed by atoms with E-state index in [0.717, 1.165) is 18.6 Å². The third-order valence-electron chi connectivity index (χ3n) is 3.16. The van der Waals surface area contributed by atoms with Crippen LogP contribution in [0.4, 0.5) is 13.2 Å². The Morgan fingerprint density at radius 3 is 2.71 bits per heavy atom. The van der Waals surface area contributed by atoms with E-state index < -0.39 is 11.7 Å². The molecule has 0 fully saturated rings. The van der Waals surface area contributed by atoms with Crippen molar-refractivity contribution in [3.8, 4) is 0 Å². The van der Waals surface area contributed by atoms with Gasteiger partial charge in [-0.15, -0.1) is 0 Å². The van der Waals surface area contributed by atoms with Crippen molar-refractivity contribution in [2.24, 2.45) is 0 Å². The Labute approximate surface area is 120 Å². The van der Waals surface area contributed by atoms with E-state index >= 15 is 0 Å². The molecular formula is C14H16F3N3O.